The number of carbonyl (C=O) groups excluding carboxylic acids is 1. The van der Waals surface area contributed by atoms with Crippen LogP contribution in [0.15, 0.2) is 42.5 Å². The molecule has 0 atom stereocenters. The lowest BCUT2D eigenvalue weighted by atomic mass is 10.1. The molecule has 0 bridgehead atoms. The van der Waals surface area contributed by atoms with Crippen LogP contribution >= 0.6 is 0 Å². The van der Waals surface area contributed by atoms with Crippen molar-refractivity contribution in [2.45, 2.75) is 19.6 Å². The lowest BCUT2D eigenvalue weighted by Crippen LogP contribution is -2.22. The van der Waals surface area contributed by atoms with Crippen molar-refractivity contribution < 1.29 is 18.0 Å². The van der Waals surface area contributed by atoms with Crippen molar-refractivity contribution in [2.75, 3.05) is 7.05 Å². The molecule has 0 radical (unpaired) electrons. The third-order valence-corrected chi connectivity index (χ3v) is 4.65. The molecule has 0 fully saturated rings. The lowest BCUT2D eigenvalue weighted by Gasteiger charge is -2.12. The van der Waals surface area contributed by atoms with Gasteiger partial charge in [-0.15, -0.1) is 10.2 Å². The fourth-order valence-electron chi connectivity index (χ4n) is 3.36. The number of rotatable bonds is 3. The first-order valence-electron chi connectivity index (χ1n) is 8.52. The molecule has 1 N–H and O–H groups in total. The highest BCUT2D eigenvalue weighted by Gasteiger charge is 2.30. The van der Waals surface area contributed by atoms with Gasteiger partial charge in [0.25, 0.3) is 5.91 Å². The second-order valence-electron chi connectivity index (χ2n) is 6.44. The van der Waals surface area contributed by atoms with Gasteiger partial charge in [-0.05, 0) is 42.8 Å². The van der Waals surface area contributed by atoms with Crippen molar-refractivity contribution in [3.05, 3.63) is 65.1 Å². The van der Waals surface area contributed by atoms with E-state index >= 15 is 0 Å². The number of halogens is 3. The standard InChI is InChI=1S/C19H16F3N5O/c1-11-24-25-17-7-6-14-15(27(11)17)9-16(18(28)23-2)26(14)10-12-4-3-5-13(8-12)19(20,21)22/h3-9H,10H2,1-2H3,(H,23,28). The summed E-state index contributed by atoms with van der Waals surface area (Å²) in [6, 6.07) is 10.4. The molecule has 0 aliphatic rings. The molecule has 1 aromatic carbocycles. The number of hydrogen-bond donors (Lipinski definition) is 1. The largest absolute Gasteiger partial charge is 0.416 e. The zero-order chi connectivity index (χ0) is 20.1. The lowest BCUT2D eigenvalue weighted by molar-refractivity contribution is -0.137. The molecular formula is C19H16F3N5O. The van der Waals surface area contributed by atoms with E-state index < -0.39 is 11.7 Å². The number of benzene rings is 1. The van der Waals surface area contributed by atoms with Crippen molar-refractivity contribution in [1.82, 2.24) is 24.5 Å². The zero-order valence-corrected chi connectivity index (χ0v) is 15.1. The van der Waals surface area contributed by atoms with E-state index in [9.17, 15) is 18.0 Å². The minimum Gasteiger partial charge on any atom is -0.354 e. The highest BCUT2D eigenvalue weighted by atomic mass is 19.4. The van der Waals surface area contributed by atoms with Crippen LogP contribution in [0.2, 0.25) is 0 Å². The maximum atomic E-state index is 13.1. The Bertz CT molecular complexity index is 1210. The first kappa shape index (κ1) is 18.0. The predicted molar refractivity (Wildman–Crippen MR) is 97.2 cm³/mol. The van der Waals surface area contributed by atoms with Gasteiger partial charge in [-0.25, -0.2) is 0 Å². The Kier molecular flexibility index (Phi) is 4.10. The average Bonchev–Trinajstić information content (AvgIpc) is 3.21. The molecule has 4 rings (SSSR count). The highest BCUT2D eigenvalue weighted by molar-refractivity contribution is 5.98. The number of nitrogens with one attached hydrogen (secondary N) is 1. The second kappa shape index (κ2) is 6.36. The maximum absolute atomic E-state index is 13.1. The van der Waals surface area contributed by atoms with Crippen molar-refractivity contribution in [3.8, 4) is 0 Å². The van der Waals surface area contributed by atoms with Gasteiger partial charge >= 0.3 is 6.18 Å². The summed E-state index contributed by atoms with van der Waals surface area (Å²) in [7, 11) is 1.51. The molecule has 3 aromatic heterocycles. The molecule has 0 spiro atoms. The normalized spacial score (nSPS) is 12.0. The summed E-state index contributed by atoms with van der Waals surface area (Å²) in [5.41, 5.74) is 2.11. The summed E-state index contributed by atoms with van der Waals surface area (Å²) >= 11 is 0. The molecule has 9 heteroatoms. The number of hydrogen-bond acceptors (Lipinski definition) is 3. The Morgan fingerprint density at radius 3 is 2.61 bits per heavy atom. The Hall–Kier alpha value is -3.36. The number of carbonyl (C=O) groups is 1. The molecule has 1 amide bonds. The van der Waals surface area contributed by atoms with Crippen LogP contribution in [0.5, 0.6) is 0 Å². The summed E-state index contributed by atoms with van der Waals surface area (Å²) in [5, 5.41) is 10.7. The summed E-state index contributed by atoms with van der Waals surface area (Å²) < 4.78 is 42.7. The third kappa shape index (κ3) is 2.88. The second-order valence-corrected chi connectivity index (χ2v) is 6.44. The number of aryl methyl sites for hydroxylation is 1. The van der Waals surface area contributed by atoms with E-state index in [1.54, 1.807) is 35.8 Å². The number of aromatic nitrogens is 4. The third-order valence-electron chi connectivity index (χ3n) is 4.65. The van der Waals surface area contributed by atoms with Crippen LogP contribution < -0.4 is 5.32 Å². The summed E-state index contributed by atoms with van der Waals surface area (Å²) in [5.74, 6) is 0.322. The Morgan fingerprint density at radius 1 is 1.11 bits per heavy atom. The van der Waals surface area contributed by atoms with Crippen LogP contribution in [0.25, 0.3) is 16.7 Å². The first-order chi connectivity index (χ1) is 13.3. The van der Waals surface area contributed by atoms with E-state index in [0.29, 0.717) is 33.8 Å². The number of amides is 1. The number of fused-ring (bicyclic) bond motifs is 3. The van der Waals surface area contributed by atoms with E-state index in [1.165, 1.54) is 13.1 Å². The van der Waals surface area contributed by atoms with Gasteiger partial charge in [0, 0.05) is 13.6 Å². The Balaban J connectivity index is 1.91. The number of pyridine rings is 1. The van der Waals surface area contributed by atoms with Gasteiger partial charge in [0.15, 0.2) is 5.65 Å². The molecule has 144 valence electrons. The zero-order valence-electron chi connectivity index (χ0n) is 15.1. The van der Waals surface area contributed by atoms with E-state index in [4.69, 9.17) is 0 Å². The predicted octanol–water partition coefficient (Wildman–Crippen LogP) is 3.42. The molecule has 0 aliphatic heterocycles. The molecule has 6 nitrogen and oxygen atoms in total. The molecule has 0 unspecified atom stereocenters. The van der Waals surface area contributed by atoms with Crippen molar-refractivity contribution in [2.24, 2.45) is 0 Å². The number of nitrogens with zero attached hydrogens (tertiary/aromatic N) is 4. The fourth-order valence-corrected chi connectivity index (χ4v) is 3.36. The minimum atomic E-state index is -4.43. The van der Waals surface area contributed by atoms with Gasteiger partial charge in [-0.2, -0.15) is 13.2 Å². The Morgan fingerprint density at radius 2 is 1.89 bits per heavy atom. The monoisotopic (exact) mass is 387 g/mol. The van der Waals surface area contributed by atoms with E-state index in [-0.39, 0.29) is 12.5 Å². The molecule has 0 saturated carbocycles. The smallest absolute Gasteiger partial charge is 0.354 e. The summed E-state index contributed by atoms with van der Waals surface area (Å²) in [6.07, 6.45) is -4.43. The van der Waals surface area contributed by atoms with E-state index in [0.717, 1.165) is 12.1 Å². The molecule has 0 aliphatic carbocycles. The van der Waals surface area contributed by atoms with Gasteiger partial charge in [0.1, 0.15) is 11.5 Å². The van der Waals surface area contributed by atoms with E-state index in [1.807, 2.05) is 4.40 Å². The van der Waals surface area contributed by atoms with Crippen molar-refractivity contribution in [3.63, 3.8) is 0 Å². The summed E-state index contributed by atoms with van der Waals surface area (Å²) in [6.45, 7) is 1.91. The topological polar surface area (TPSA) is 64.2 Å². The highest BCUT2D eigenvalue weighted by Crippen LogP contribution is 2.30. The number of alkyl halides is 3. The van der Waals surface area contributed by atoms with Crippen molar-refractivity contribution in [1.29, 1.82) is 0 Å². The van der Waals surface area contributed by atoms with Crippen molar-refractivity contribution >= 4 is 22.6 Å². The van der Waals surface area contributed by atoms with Crippen LogP contribution in [0.3, 0.4) is 0 Å². The maximum Gasteiger partial charge on any atom is 0.416 e. The van der Waals surface area contributed by atoms with Gasteiger partial charge in [-0.1, -0.05) is 12.1 Å². The van der Waals surface area contributed by atoms with Gasteiger partial charge < -0.3 is 9.88 Å². The molecule has 0 saturated heterocycles. The molecule has 3 heterocycles. The SMILES string of the molecule is CNC(=O)c1cc2c(ccc3nnc(C)n32)n1Cc1cccc(C(F)(F)F)c1. The van der Waals surface area contributed by atoms with Crippen LogP contribution in [-0.2, 0) is 12.7 Å². The van der Waals surface area contributed by atoms with Gasteiger partial charge in [0.05, 0.1) is 16.6 Å². The van der Waals surface area contributed by atoms with Crippen LogP contribution in [0.1, 0.15) is 27.4 Å². The molecule has 28 heavy (non-hydrogen) atoms. The van der Waals surface area contributed by atoms with Crippen LogP contribution in [0, 0.1) is 6.92 Å². The van der Waals surface area contributed by atoms with Crippen LogP contribution in [-0.4, -0.2) is 32.1 Å². The average molecular weight is 387 g/mol. The minimum absolute atomic E-state index is 0.114. The van der Waals surface area contributed by atoms with E-state index in [2.05, 4.69) is 15.5 Å². The fraction of sp³-hybridized carbons (Fsp3) is 0.211. The summed E-state index contributed by atoms with van der Waals surface area (Å²) in [4.78, 5) is 12.4. The quantitative estimate of drug-likeness (QED) is 0.586. The Labute approximate surface area is 157 Å². The van der Waals surface area contributed by atoms with Crippen LogP contribution in [0.4, 0.5) is 13.2 Å². The first-order valence-corrected chi connectivity index (χ1v) is 8.52. The van der Waals surface area contributed by atoms with Gasteiger partial charge in [0.2, 0.25) is 0 Å². The molecular weight excluding hydrogens is 371 g/mol. The van der Waals surface area contributed by atoms with Gasteiger partial charge in [-0.3, -0.25) is 9.20 Å². The molecule has 4 aromatic rings.